The summed E-state index contributed by atoms with van der Waals surface area (Å²) in [7, 11) is 1.79. The number of aromatic nitrogens is 2. The molecular weight excluding hydrogens is 278 g/mol. The van der Waals surface area contributed by atoms with E-state index in [2.05, 4.69) is 34.3 Å². The smallest absolute Gasteiger partial charge is 0.341 e. The number of esters is 1. The predicted molar refractivity (Wildman–Crippen MR) is 83.4 cm³/mol. The molecule has 1 atom stereocenters. The number of likely N-dealkylation sites (tertiary alicyclic amines) is 1. The molecule has 0 spiro atoms. The van der Waals surface area contributed by atoms with Crippen LogP contribution in [-0.4, -0.2) is 39.8 Å². The summed E-state index contributed by atoms with van der Waals surface area (Å²) in [5.41, 5.74) is 1.81. The van der Waals surface area contributed by atoms with Crippen LogP contribution in [0.15, 0.2) is 42.7 Å². The van der Waals surface area contributed by atoms with Gasteiger partial charge in [-0.05, 0) is 24.9 Å². The van der Waals surface area contributed by atoms with Crippen LogP contribution in [0.3, 0.4) is 0 Å². The molecule has 1 aliphatic heterocycles. The highest BCUT2D eigenvalue weighted by atomic mass is 16.5. The third kappa shape index (κ3) is 3.74. The van der Waals surface area contributed by atoms with Crippen molar-refractivity contribution >= 4 is 5.97 Å². The lowest BCUT2D eigenvalue weighted by Gasteiger charge is -2.32. The Morgan fingerprint density at radius 1 is 1.36 bits per heavy atom. The van der Waals surface area contributed by atoms with Crippen LogP contribution in [0.1, 0.15) is 28.8 Å². The highest BCUT2D eigenvalue weighted by Crippen LogP contribution is 2.17. The monoisotopic (exact) mass is 299 g/mol. The van der Waals surface area contributed by atoms with Gasteiger partial charge in [-0.1, -0.05) is 30.3 Å². The van der Waals surface area contributed by atoms with E-state index in [1.165, 1.54) is 5.56 Å². The minimum atomic E-state index is -0.278. The second-order valence-electron chi connectivity index (χ2n) is 5.79. The van der Waals surface area contributed by atoms with E-state index in [1.54, 1.807) is 24.1 Å². The number of piperidine rings is 1. The van der Waals surface area contributed by atoms with E-state index in [-0.39, 0.29) is 12.1 Å². The van der Waals surface area contributed by atoms with E-state index in [4.69, 9.17) is 4.74 Å². The fraction of sp³-hybridized carbons (Fsp3) is 0.412. The van der Waals surface area contributed by atoms with Gasteiger partial charge in [0.15, 0.2) is 0 Å². The Morgan fingerprint density at radius 3 is 2.91 bits per heavy atom. The Bertz CT molecular complexity index is 624. The molecule has 1 fully saturated rings. The highest BCUT2D eigenvalue weighted by Gasteiger charge is 2.24. The fourth-order valence-corrected chi connectivity index (χ4v) is 2.84. The molecule has 0 saturated carbocycles. The molecule has 5 nitrogen and oxygen atoms in total. The summed E-state index contributed by atoms with van der Waals surface area (Å²) in [5, 5.41) is 4.01. The topological polar surface area (TPSA) is 47.4 Å². The zero-order valence-corrected chi connectivity index (χ0v) is 12.8. The van der Waals surface area contributed by atoms with Crippen molar-refractivity contribution < 1.29 is 9.53 Å². The maximum atomic E-state index is 12.1. The molecule has 2 heterocycles. The van der Waals surface area contributed by atoms with Crippen molar-refractivity contribution in [2.45, 2.75) is 25.5 Å². The Labute approximate surface area is 130 Å². The molecular formula is C17H21N3O2. The van der Waals surface area contributed by atoms with Gasteiger partial charge in [-0.3, -0.25) is 9.58 Å². The van der Waals surface area contributed by atoms with Gasteiger partial charge in [-0.25, -0.2) is 4.79 Å². The van der Waals surface area contributed by atoms with Crippen molar-refractivity contribution in [3.8, 4) is 0 Å². The van der Waals surface area contributed by atoms with Gasteiger partial charge in [0, 0.05) is 26.3 Å². The molecule has 0 N–H and O–H groups in total. The minimum Gasteiger partial charge on any atom is -0.457 e. The molecule has 0 bridgehead atoms. The Balaban J connectivity index is 1.55. The third-order valence-corrected chi connectivity index (χ3v) is 3.93. The first-order valence-electron chi connectivity index (χ1n) is 7.66. The van der Waals surface area contributed by atoms with Crippen molar-refractivity contribution in [2.24, 2.45) is 7.05 Å². The first-order chi connectivity index (χ1) is 10.7. The van der Waals surface area contributed by atoms with Crippen molar-refractivity contribution in [3.63, 3.8) is 0 Å². The number of aryl methyl sites for hydroxylation is 1. The van der Waals surface area contributed by atoms with Crippen molar-refractivity contribution in [2.75, 3.05) is 13.1 Å². The lowest BCUT2D eigenvalue weighted by atomic mass is 10.1. The molecule has 1 saturated heterocycles. The van der Waals surface area contributed by atoms with Crippen LogP contribution in [0.25, 0.3) is 0 Å². The summed E-state index contributed by atoms with van der Waals surface area (Å²) >= 11 is 0. The molecule has 0 aliphatic carbocycles. The molecule has 116 valence electrons. The van der Waals surface area contributed by atoms with E-state index in [9.17, 15) is 4.79 Å². The van der Waals surface area contributed by atoms with Gasteiger partial charge in [0.25, 0.3) is 0 Å². The van der Waals surface area contributed by atoms with E-state index in [0.717, 1.165) is 32.5 Å². The van der Waals surface area contributed by atoms with E-state index in [0.29, 0.717) is 5.56 Å². The number of carbonyl (C=O) groups is 1. The first kappa shape index (κ1) is 14.8. The van der Waals surface area contributed by atoms with Crippen molar-refractivity contribution in [1.29, 1.82) is 0 Å². The summed E-state index contributed by atoms with van der Waals surface area (Å²) in [6.45, 7) is 2.75. The minimum absolute atomic E-state index is 0.0369. The SMILES string of the molecule is Cn1cc(C(=O)OC2CCCN(Cc3ccccc3)C2)cn1. The molecule has 22 heavy (non-hydrogen) atoms. The number of hydrogen-bond acceptors (Lipinski definition) is 4. The average Bonchev–Trinajstić information content (AvgIpc) is 2.95. The number of ether oxygens (including phenoxy) is 1. The van der Waals surface area contributed by atoms with Gasteiger partial charge >= 0.3 is 5.97 Å². The zero-order chi connectivity index (χ0) is 15.4. The van der Waals surface area contributed by atoms with Crippen molar-refractivity contribution in [3.05, 3.63) is 53.9 Å². The second kappa shape index (κ2) is 6.75. The number of carbonyl (C=O) groups excluding carboxylic acids is 1. The maximum Gasteiger partial charge on any atom is 0.341 e. The van der Waals surface area contributed by atoms with Gasteiger partial charge in [-0.2, -0.15) is 5.10 Å². The molecule has 5 heteroatoms. The van der Waals surface area contributed by atoms with Crippen LogP contribution >= 0.6 is 0 Å². The first-order valence-corrected chi connectivity index (χ1v) is 7.66. The van der Waals surface area contributed by atoms with E-state index in [1.807, 2.05) is 6.07 Å². The van der Waals surface area contributed by atoms with Crippen LogP contribution in [0, 0.1) is 0 Å². The molecule has 0 amide bonds. The van der Waals surface area contributed by atoms with Gasteiger partial charge in [0.2, 0.25) is 0 Å². The van der Waals surface area contributed by atoms with Gasteiger partial charge < -0.3 is 4.74 Å². The van der Waals surface area contributed by atoms with Crippen molar-refractivity contribution in [1.82, 2.24) is 14.7 Å². The molecule has 1 aromatic carbocycles. The van der Waals surface area contributed by atoms with Crippen LogP contribution in [-0.2, 0) is 18.3 Å². The maximum absolute atomic E-state index is 12.1. The number of nitrogens with zero attached hydrogens (tertiary/aromatic N) is 3. The van der Waals surface area contributed by atoms with Crippen LogP contribution < -0.4 is 0 Å². The lowest BCUT2D eigenvalue weighted by Crippen LogP contribution is -2.40. The van der Waals surface area contributed by atoms with Gasteiger partial charge in [-0.15, -0.1) is 0 Å². The normalized spacial score (nSPS) is 19.0. The second-order valence-corrected chi connectivity index (χ2v) is 5.79. The third-order valence-electron chi connectivity index (χ3n) is 3.93. The average molecular weight is 299 g/mol. The molecule has 0 radical (unpaired) electrons. The molecule has 1 unspecified atom stereocenters. The quantitative estimate of drug-likeness (QED) is 0.812. The predicted octanol–water partition coefficient (Wildman–Crippen LogP) is 2.24. The van der Waals surface area contributed by atoms with Gasteiger partial charge in [0.1, 0.15) is 6.10 Å². The zero-order valence-electron chi connectivity index (χ0n) is 12.8. The summed E-state index contributed by atoms with van der Waals surface area (Å²) in [6.07, 6.45) is 5.18. The number of hydrogen-bond donors (Lipinski definition) is 0. The summed E-state index contributed by atoms with van der Waals surface area (Å²) < 4.78 is 7.24. The number of rotatable bonds is 4. The largest absolute Gasteiger partial charge is 0.457 e. The fourth-order valence-electron chi connectivity index (χ4n) is 2.84. The van der Waals surface area contributed by atoms with Crippen LogP contribution in [0.5, 0.6) is 0 Å². The summed E-state index contributed by atoms with van der Waals surface area (Å²) in [6, 6.07) is 10.4. The summed E-state index contributed by atoms with van der Waals surface area (Å²) in [4.78, 5) is 14.4. The molecule has 2 aromatic rings. The Morgan fingerprint density at radius 2 is 2.18 bits per heavy atom. The Hall–Kier alpha value is -2.14. The Kier molecular flexibility index (Phi) is 4.53. The van der Waals surface area contributed by atoms with E-state index >= 15 is 0 Å². The van der Waals surface area contributed by atoms with Gasteiger partial charge in [0.05, 0.1) is 11.8 Å². The molecule has 1 aromatic heterocycles. The molecule has 3 rings (SSSR count). The van der Waals surface area contributed by atoms with Crippen LogP contribution in [0.2, 0.25) is 0 Å². The standard InChI is InChI=1S/C17H21N3O2/c1-19-12-15(10-18-19)17(21)22-16-8-5-9-20(13-16)11-14-6-3-2-4-7-14/h2-4,6-7,10,12,16H,5,8-9,11,13H2,1H3. The molecule has 1 aliphatic rings. The number of benzene rings is 1. The van der Waals surface area contributed by atoms with Crippen LogP contribution in [0.4, 0.5) is 0 Å². The summed E-state index contributed by atoms with van der Waals surface area (Å²) in [5.74, 6) is -0.278. The lowest BCUT2D eigenvalue weighted by molar-refractivity contribution is 0.00560. The highest BCUT2D eigenvalue weighted by molar-refractivity contribution is 5.88. The van der Waals surface area contributed by atoms with E-state index < -0.39 is 0 Å².